The van der Waals surface area contributed by atoms with E-state index in [0.29, 0.717) is 6.54 Å². The molecule has 2 aromatic rings. The third-order valence-electron chi connectivity index (χ3n) is 2.99. The predicted molar refractivity (Wildman–Crippen MR) is 72.9 cm³/mol. The zero-order valence-corrected chi connectivity index (χ0v) is 12.2. The molecule has 1 aromatic carbocycles. The van der Waals surface area contributed by atoms with Crippen LogP contribution >= 0.6 is 15.9 Å². The Morgan fingerprint density at radius 2 is 2.16 bits per heavy atom. The molecule has 1 N–H and O–H groups in total. The molecule has 102 valence electrons. The summed E-state index contributed by atoms with van der Waals surface area (Å²) < 4.78 is 29.8. The smallest absolute Gasteiger partial charge is 0.163 e. The molecule has 0 spiro atoms. The summed E-state index contributed by atoms with van der Waals surface area (Å²) in [7, 11) is 1.70. The Hall–Kier alpha value is -1.27. The average Bonchev–Trinajstić information content (AvgIpc) is 2.77. The molecule has 19 heavy (non-hydrogen) atoms. The van der Waals surface area contributed by atoms with Gasteiger partial charge in [0.05, 0.1) is 22.4 Å². The Morgan fingerprint density at radius 1 is 1.42 bits per heavy atom. The van der Waals surface area contributed by atoms with Crippen LogP contribution in [0.25, 0.3) is 0 Å². The highest BCUT2D eigenvalue weighted by molar-refractivity contribution is 9.10. The van der Waals surface area contributed by atoms with Gasteiger partial charge in [0, 0.05) is 12.1 Å². The van der Waals surface area contributed by atoms with Crippen molar-refractivity contribution in [1.82, 2.24) is 15.1 Å². The second-order valence-electron chi connectivity index (χ2n) is 4.06. The Balaban J connectivity index is 2.56. The van der Waals surface area contributed by atoms with Crippen LogP contribution in [-0.4, -0.2) is 16.8 Å². The van der Waals surface area contributed by atoms with E-state index in [9.17, 15) is 8.78 Å². The third kappa shape index (κ3) is 2.55. The SMILES string of the molecule is CCn1ncc(Br)c1C(NC)c1cccc(F)c1F. The third-order valence-corrected chi connectivity index (χ3v) is 3.60. The van der Waals surface area contributed by atoms with Crippen LogP contribution in [0.2, 0.25) is 0 Å². The molecule has 1 aromatic heterocycles. The van der Waals surface area contributed by atoms with Crippen molar-refractivity contribution in [3.63, 3.8) is 0 Å². The summed E-state index contributed by atoms with van der Waals surface area (Å²) in [5.74, 6) is -1.69. The lowest BCUT2D eigenvalue weighted by atomic mass is 10.0. The van der Waals surface area contributed by atoms with Gasteiger partial charge in [0.2, 0.25) is 0 Å². The Kier molecular flexibility index (Phi) is 4.31. The second-order valence-corrected chi connectivity index (χ2v) is 4.91. The molecule has 0 aliphatic heterocycles. The van der Waals surface area contributed by atoms with Gasteiger partial charge in [-0.25, -0.2) is 8.78 Å². The van der Waals surface area contributed by atoms with E-state index in [0.717, 1.165) is 16.2 Å². The van der Waals surface area contributed by atoms with Gasteiger partial charge in [0.25, 0.3) is 0 Å². The first-order chi connectivity index (χ1) is 9.10. The molecule has 1 atom stereocenters. The second kappa shape index (κ2) is 5.79. The Morgan fingerprint density at radius 3 is 2.79 bits per heavy atom. The largest absolute Gasteiger partial charge is 0.308 e. The maximum atomic E-state index is 13.9. The van der Waals surface area contributed by atoms with Gasteiger partial charge in [0.1, 0.15) is 0 Å². The van der Waals surface area contributed by atoms with Gasteiger partial charge in [0.15, 0.2) is 11.6 Å². The molecule has 0 radical (unpaired) electrons. The minimum absolute atomic E-state index is 0.262. The molecule has 2 rings (SSSR count). The topological polar surface area (TPSA) is 29.9 Å². The lowest BCUT2D eigenvalue weighted by Gasteiger charge is -2.19. The van der Waals surface area contributed by atoms with Crippen LogP contribution in [0.5, 0.6) is 0 Å². The van der Waals surface area contributed by atoms with Crippen LogP contribution in [-0.2, 0) is 6.54 Å². The van der Waals surface area contributed by atoms with Crippen LogP contribution in [0.4, 0.5) is 8.78 Å². The van der Waals surface area contributed by atoms with Crippen molar-refractivity contribution >= 4 is 15.9 Å². The molecule has 1 unspecified atom stereocenters. The summed E-state index contributed by atoms with van der Waals surface area (Å²) in [5.41, 5.74) is 1.04. The van der Waals surface area contributed by atoms with Crippen molar-refractivity contribution in [2.75, 3.05) is 7.05 Å². The summed E-state index contributed by atoms with van der Waals surface area (Å²) in [5, 5.41) is 7.20. The lowest BCUT2D eigenvalue weighted by Crippen LogP contribution is -2.23. The van der Waals surface area contributed by atoms with E-state index in [2.05, 4.69) is 26.3 Å². The summed E-state index contributed by atoms with van der Waals surface area (Å²) in [6.07, 6.45) is 1.65. The van der Waals surface area contributed by atoms with Gasteiger partial charge in [-0.1, -0.05) is 12.1 Å². The van der Waals surface area contributed by atoms with Crippen LogP contribution < -0.4 is 5.32 Å². The fraction of sp³-hybridized carbons (Fsp3) is 0.308. The van der Waals surface area contributed by atoms with Crippen molar-refractivity contribution in [2.24, 2.45) is 0 Å². The molecule has 0 aliphatic rings. The first kappa shape index (κ1) is 14.1. The van der Waals surface area contributed by atoms with E-state index in [4.69, 9.17) is 0 Å². The summed E-state index contributed by atoms with van der Waals surface area (Å²) >= 11 is 3.40. The molecule has 0 saturated carbocycles. The quantitative estimate of drug-likeness (QED) is 0.933. The van der Waals surface area contributed by atoms with Gasteiger partial charge >= 0.3 is 0 Å². The van der Waals surface area contributed by atoms with Crippen LogP contribution in [0.3, 0.4) is 0 Å². The van der Waals surface area contributed by atoms with Crippen LogP contribution in [0.15, 0.2) is 28.9 Å². The number of hydrogen-bond donors (Lipinski definition) is 1. The monoisotopic (exact) mass is 329 g/mol. The lowest BCUT2D eigenvalue weighted by molar-refractivity contribution is 0.478. The van der Waals surface area contributed by atoms with Gasteiger partial charge in [-0.15, -0.1) is 0 Å². The number of nitrogens with one attached hydrogen (secondary N) is 1. The maximum Gasteiger partial charge on any atom is 0.163 e. The first-order valence-electron chi connectivity index (χ1n) is 5.92. The highest BCUT2D eigenvalue weighted by Crippen LogP contribution is 2.30. The highest BCUT2D eigenvalue weighted by atomic mass is 79.9. The van der Waals surface area contributed by atoms with Crippen LogP contribution in [0.1, 0.15) is 24.2 Å². The molecule has 6 heteroatoms. The molecule has 3 nitrogen and oxygen atoms in total. The number of rotatable bonds is 4. The van der Waals surface area contributed by atoms with E-state index in [-0.39, 0.29) is 5.56 Å². The number of aromatic nitrogens is 2. The molecule has 0 saturated heterocycles. The Bertz CT molecular complexity index is 583. The number of benzene rings is 1. The van der Waals surface area contributed by atoms with Gasteiger partial charge in [-0.3, -0.25) is 4.68 Å². The minimum Gasteiger partial charge on any atom is -0.308 e. The van der Waals surface area contributed by atoms with Crippen molar-refractivity contribution in [3.05, 3.63) is 51.8 Å². The van der Waals surface area contributed by atoms with Gasteiger partial charge in [-0.05, 0) is 36.0 Å². The molecular weight excluding hydrogens is 316 g/mol. The summed E-state index contributed by atoms with van der Waals surface area (Å²) in [4.78, 5) is 0. The van der Waals surface area contributed by atoms with E-state index < -0.39 is 17.7 Å². The molecule has 0 amide bonds. The number of hydrogen-bond acceptors (Lipinski definition) is 2. The first-order valence-corrected chi connectivity index (χ1v) is 6.71. The van der Waals surface area contributed by atoms with Crippen molar-refractivity contribution < 1.29 is 8.78 Å². The molecular formula is C13H14BrF2N3. The average molecular weight is 330 g/mol. The van der Waals surface area contributed by atoms with E-state index in [1.807, 2.05) is 6.92 Å². The van der Waals surface area contributed by atoms with Crippen molar-refractivity contribution in [1.29, 1.82) is 0 Å². The highest BCUT2D eigenvalue weighted by Gasteiger charge is 2.24. The van der Waals surface area contributed by atoms with Crippen LogP contribution in [0, 0.1) is 11.6 Å². The number of halogens is 3. The molecule has 0 fully saturated rings. The maximum absolute atomic E-state index is 13.9. The van der Waals surface area contributed by atoms with Crippen molar-refractivity contribution in [3.8, 4) is 0 Å². The molecule has 0 bridgehead atoms. The van der Waals surface area contributed by atoms with Crippen molar-refractivity contribution in [2.45, 2.75) is 19.5 Å². The standard InChI is InChI=1S/C13H14BrF2N3/c1-3-19-13(9(14)7-18-19)12(17-2)8-5-4-6-10(15)11(8)16/h4-7,12,17H,3H2,1-2H3. The van der Waals surface area contributed by atoms with E-state index in [1.165, 1.54) is 6.07 Å². The molecule has 1 heterocycles. The zero-order chi connectivity index (χ0) is 14.0. The zero-order valence-electron chi connectivity index (χ0n) is 10.6. The number of nitrogens with zero attached hydrogens (tertiary/aromatic N) is 2. The van der Waals surface area contributed by atoms with E-state index >= 15 is 0 Å². The number of aryl methyl sites for hydroxylation is 1. The predicted octanol–water partition coefficient (Wildman–Crippen LogP) is 3.25. The summed E-state index contributed by atoms with van der Waals surface area (Å²) in [6, 6.07) is 3.71. The fourth-order valence-electron chi connectivity index (χ4n) is 2.09. The molecule has 0 aliphatic carbocycles. The Labute approximate surface area is 118 Å². The van der Waals surface area contributed by atoms with E-state index in [1.54, 1.807) is 24.0 Å². The normalized spacial score (nSPS) is 12.7. The van der Waals surface area contributed by atoms with Gasteiger partial charge in [-0.2, -0.15) is 5.10 Å². The fourth-order valence-corrected chi connectivity index (χ4v) is 2.62. The van der Waals surface area contributed by atoms with Gasteiger partial charge < -0.3 is 5.32 Å². The summed E-state index contributed by atoms with van der Waals surface area (Å²) in [6.45, 7) is 2.59. The minimum atomic E-state index is -0.851.